The number of pyridine rings is 1. The van der Waals surface area contributed by atoms with E-state index in [1.165, 1.54) is 0 Å². The third kappa shape index (κ3) is 4.80. The number of aromatic nitrogens is 3. The molecule has 0 saturated carbocycles. The van der Waals surface area contributed by atoms with E-state index in [0.717, 1.165) is 45.0 Å². The molecule has 1 N–H and O–H groups in total. The van der Waals surface area contributed by atoms with Crippen LogP contribution in [0.1, 0.15) is 38.6 Å². The Labute approximate surface area is 194 Å². The Bertz CT molecular complexity index is 1290. The number of hydrogen-bond donors (Lipinski definition) is 1. The van der Waals surface area contributed by atoms with Crippen molar-refractivity contribution in [1.82, 2.24) is 14.8 Å². The second kappa shape index (κ2) is 9.28. The number of nitrogens with zero attached hydrogens (tertiary/aromatic N) is 3. The lowest BCUT2D eigenvalue weighted by molar-refractivity contribution is 0.102. The van der Waals surface area contributed by atoms with Gasteiger partial charge in [0.1, 0.15) is 12.4 Å². The number of carbonyl (C=O) groups is 1. The fourth-order valence-corrected chi connectivity index (χ4v) is 3.96. The number of benzene rings is 2. The van der Waals surface area contributed by atoms with Crippen LogP contribution in [0.15, 0.2) is 60.8 Å². The summed E-state index contributed by atoms with van der Waals surface area (Å²) in [6.45, 7) is 8.54. The van der Waals surface area contributed by atoms with Gasteiger partial charge in [0.25, 0.3) is 5.91 Å². The SMILES string of the molecule is Cc1cc(C)c(-c2c(C)nn(C)c2C)cc1NC(=O)c1ccc(OCc2ccccn2)cc1. The summed E-state index contributed by atoms with van der Waals surface area (Å²) in [6, 6.07) is 17.0. The van der Waals surface area contributed by atoms with E-state index in [-0.39, 0.29) is 5.91 Å². The van der Waals surface area contributed by atoms with Crippen LogP contribution in [0.3, 0.4) is 0 Å². The molecule has 2 aromatic carbocycles. The molecule has 6 heteroatoms. The number of rotatable bonds is 6. The third-order valence-corrected chi connectivity index (χ3v) is 5.83. The van der Waals surface area contributed by atoms with Crippen molar-refractivity contribution < 1.29 is 9.53 Å². The van der Waals surface area contributed by atoms with Gasteiger partial charge in [-0.05, 0) is 86.8 Å². The van der Waals surface area contributed by atoms with Crippen LogP contribution in [0.4, 0.5) is 5.69 Å². The minimum Gasteiger partial charge on any atom is -0.487 e. The first-order valence-corrected chi connectivity index (χ1v) is 10.9. The number of nitrogens with one attached hydrogen (secondary N) is 1. The Morgan fingerprint density at radius 1 is 1.00 bits per heavy atom. The normalized spacial score (nSPS) is 10.8. The van der Waals surface area contributed by atoms with Crippen LogP contribution in [0.5, 0.6) is 5.75 Å². The molecule has 0 atom stereocenters. The summed E-state index contributed by atoms with van der Waals surface area (Å²) in [5.41, 5.74) is 8.63. The van der Waals surface area contributed by atoms with Crippen LogP contribution in [-0.2, 0) is 13.7 Å². The Hall–Kier alpha value is -3.93. The number of anilines is 1. The summed E-state index contributed by atoms with van der Waals surface area (Å²) in [6.07, 6.45) is 1.74. The molecule has 2 heterocycles. The van der Waals surface area contributed by atoms with Crippen LogP contribution in [0, 0.1) is 27.7 Å². The van der Waals surface area contributed by atoms with E-state index in [2.05, 4.69) is 35.3 Å². The molecule has 0 saturated heterocycles. The highest BCUT2D eigenvalue weighted by Gasteiger charge is 2.17. The summed E-state index contributed by atoms with van der Waals surface area (Å²) in [4.78, 5) is 17.2. The number of amides is 1. The standard InChI is InChI=1S/C27H28N4O2/c1-17-14-18(2)25(15-24(17)26-19(3)30-31(5)20(26)4)29-27(32)21-9-11-23(12-10-21)33-16-22-8-6-7-13-28-22/h6-15H,16H2,1-5H3,(H,29,32). The molecule has 0 radical (unpaired) electrons. The highest BCUT2D eigenvalue weighted by molar-refractivity contribution is 6.05. The lowest BCUT2D eigenvalue weighted by Crippen LogP contribution is -2.13. The zero-order chi connectivity index (χ0) is 23.5. The highest BCUT2D eigenvalue weighted by Crippen LogP contribution is 2.33. The molecule has 2 aromatic heterocycles. The lowest BCUT2D eigenvalue weighted by atomic mass is 9.96. The van der Waals surface area contributed by atoms with Crippen molar-refractivity contribution in [2.24, 2.45) is 7.05 Å². The topological polar surface area (TPSA) is 69.0 Å². The van der Waals surface area contributed by atoms with Crippen molar-refractivity contribution in [3.8, 4) is 16.9 Å². The van der Waals surface area contributed by atoms with Crippen molar-refractivity contribution in [1.29, 1.82) is 0 Å². The highest BCUT2D eigenvalue weighted by atomic mass is 16.5. The van der Waals surface area contributed by atoms with Crippen molar-refractivity contribution in [2.45, 2.75) is 34.3 Å². The molecule has 0 aliphatic rings. The van der Waals surface area contributed by atoms with Gasteiger partial charge in [-0.3, -0.25) is 14.5 Å². The molecule has 4 aromatic rings. The quantitative estimate of drug-likeness (QED) is 0.427. The molecule has 168 valence electrons. The predicted molar refractivity (Wildman–Crippen MR) is 131 cm³/mol. The second-order valence-corrected chi connectivity index (χ2v) is 8.24. The van der Waals surface area contributed by atoms with Crippen LogP contribution < -0.4 is 10.1 Å². The fourth-order valence-electron chi connectivity index (χ4n) is 3.96. The van der Waals surface area contributed by atoms with E-state index >= 15 is 0 Å². The van der Waals surface area contributed by atoms with Gasteiger partial charge in [-0.25, -0.2) is 0 Å². The molecular weight excluding hydrogens is 412 g/mol. The van der Waals surface area contributed by atoms with E-state index in [4.69, 9.17) is 4.74 Å². The third-order valence-electron chi connectivity index (χ3n) is 5.83. The maximum atomic E-state index is 12.9. The average Bonchev–Trinajstić information content (AvgIpc) is 3.06. The van der Waals surface area contributed by atoms with Crippen molar-refractivity contribution in [3.63, 3.8) is 0 Å². The molecule has 1 amide bonds. The van der Waals surface area contributed by atoms with E-state index in [9.17, 15) is 4.79 Å². The molecule has 0 aliphatic carbocycles. The maximum Gasteiger partial charge on any atom is 0.255 e. The number of carbonyl (C=O) groups excluding carboxylic acids is 1. The van der Waals surface area contributed by atoms with Crippen molar-refractivity contribution >= 4 is 11.6 Å². The summed E-state index contributed by atoms with van der Waals surface area (Å²) in [7, 11) is 1.95. The molecule has 0 fully saturated rings. The zero-order valence-corrected chi connectivity index (χ0v) is 19.6. The van der Waals surface area contributed by atoms with Gasteiger partial charge in [0.2, 0.25) is 0 Å². The van der Waals surface area contributed by atoms with E-state index in [1.807, 2.05) is 49.8 Å². The molecule has 4 rings (SSSR count). The minimum absolute atomic E-state index is 0.163. The Morgan fingerprint density at radius 3 is 2.39 bits per heavy atom. The van der Waals surface area contributed by atoms with Crippen LogP contribution in [0.2, 0.25) is 0 Å². The van der Waals surface area contributed by atoms with Crippen LogP contribution in [-0.4, -0.2) is 20.7 Å². The van der Waals surface area contributed by atoms with Gasteiger partial charge in [0, 0.05) is 35.8 Å². The Kier molecular flexibility index (Phi) is 6.27. The lowest BCUT2D eigenvalue weighted by Gasteiger charge is -2.14. The van der Waals surface area contributed by atoms with Crippen LogP contribution in [0.25, 0.3) is 11.1 Å². The average molecular weight is 441 g/mol. The number of ether oxygens (including phenoxy) is 1. The number of aryl methyl sites for hydroxylation is 4. The molecule has 0 bridgehead atoms. The molecule has 0 unspecified atom stereocenters. The van der Waals surface area contributed by atoms with Crippen molar-refractivity contribution in [3.05, 3.63) is 94.6 Å². The van der Waals surface area contributed by atoms with Gasteiger partial charge in [-0.1, -0.05) is 12.1 Å². The fraction of sp³-hybridized carbons (Fsp3) is 0.222. The Balaban J connectivity index is 1.51. The molecule has 33 heavy (non-hydrogen) atoms. The first-order chi connectivity index (χ1) is 15.8. The first-order valence-electron chi connectivity index (χ1n) is 10.9. The second-order valence-electron chi connectivity index (χ2n) is 8.24. The molecule has 0 aliphatic heterocycles. The van der Waals surface area contributed by atoms with Gasteiger partial charge in [0.15, 0.2) is 0 Å². The predicted octanol–water partition coefficient (Wildman–Crippen LogP) is 5.55. The largest absolute Gasteiger partial charge is 0.487 e. The van der Waals surface area contributed by atoms with Gasteiger partial charge in [0.05, 0.1) is 11.4 Å². The summed E-state index contributed by atoms with van der Waals surface area (Å²) in [5, 5.41) is 7.61. The van der Waals surface area contributed by atoms with Gasteiger partial charge >= 0.3 is 0 Å². The Morgan fingerprint density at radius 2 is 1.76 bits per heavy atom. The maximum absolute atomic E-state index is 12.9. The van der Waals surface area contributed by atoms with E-state index < -0.39 is 0 Å². The summed E-state index contributed by atoms with van der Waals surface area (Å²) >= 11 is 0. The van der Waals surface area contributed by atoms with Gasteiger partial charge in [-0.15, -0.1) is 0 Å². The summed E-state index contributed by atoms with van der Waals surface area (Å²) in [5.74, 6) is 0.525. The minimum atomic E-state index is -0.163. The monoisotopic (exact) mass is 440 g/mol. The van der Waals surface area contributed by atoms with Crippen molar-refractivity contribution in [2.75, 3.05) is 5.32 Å². The van der Waals surface area contributed by atoms with E-state index in [1.54, 1.807) is 30.5 Å². The smallest absolute Gasteiger partial charge is 0.255 e. The van der Waals surface area contributed by atoms with Crippen LogP contribution >= 0.6 is 0 Å². The van der Waals surface area contributed by atoms with Gasteiger partial charge < -0.3 is 10.1 Å². The first kappa shape index (κ1) is 22.3. The van der Waals surface area contributed by atoms with E-state index in [0.29, 0.717) is 17.9 Å². The number of hydrogen-bond acceptors (Lipinski definition) is 4. The molecule has 6 nitrogen and oxygen atoms in total. The molecule has 0 spiro atoms. The van der Waals surface area contributed by atoms with Gasteiger partial charge in [-0.2, -0.15) is 5.10 Å². The molecular formula is C27H28N4O2. The summed E-state index contributed by atoms with van der Waals surface area (Å²) < 4.78 is 7.65. The zero-order valence-electron chi connectivity index (χ0n) is 19.6.